The van der Waals surface area contributed by atoms with Gasteiger partial charge in [-0.25, -0.2) is 9.59 Å². The van der Waals surface area contributed by atoms with Crippen molar-refractivity contribution in [3.05, 3.63) is 12.7 Å². The Morgan fingerprint density at radius 1 is 1.31 bits per heavy atom. The molecule has 0 unspecified atom stereocenters. The van der Waals surface area contributed by atoms with Gasteiger partial charge in [-0.05, 0) is 14.1 Å². The van der Waals surface area contributed by atoms with Gasteiger partial charge in [0.05, 0.1) is 6.54 Å². The van der Waals surface area contributed by atoms with Gasteiger partial charge in [0, 0.05) is 12.6 Å². The van der Waals surface area contributed by atoms with Crippen LogP contribution in [-0.4, -0.2) is 57.4 Å². The van der Waals surface area contributed by atoms with Crippen LogP contribution in [0.1, 0.15) is 0 Å². The molecule has 6 nitrogen and oxygen atoms in total. The molecule has 0 heterocycles. The van der Waals surface area contributed by atoms with E-state index in [1.165, 1.54) is 0 Å². The molecule has 0 spiro atoms. The summed E-state index contributed by atoms with van der Waals surface area (Å²) in [6.07, 6.45) is 0.548. The van der Waals surface area contributed by atoms with Crippen LogP contribution in [0.2, 0.25) is 0 Å². The van der Waals surface area contributed by atoms with E-state index in [0.717, 1.165) is 6.08 Å². The van der Waals surface area contributed by atoms with Gasteiger partial charge < -0.3 is 19.7 Å². The summed E-state index contributed by atoms with van der Waals surface area (Å²) in [4.78, 5) is 23.5. The molecular formula is C10H18N2O4. The lowest BCUT2D eigenvalue weighted by Gasteiger charge is -2.10. The van der Waals surface area contributed by atoms with E-state index in [-0.39, 0.29) is 13.2 Å². The van der Waals surface area contributed by atoms with Crippen molar-refractivity contribution in [1.29, 1.82) is 0 Å². The minimum atomic E-state index is -0.517. The lowest BCUT2D eigenvalue weighted by molar-refractivity contribution is -0.137. The number of nitrogens with zero attached hydrogens (tertiary/aromatic N) is 1. The molecule has 0 saturated carbocycles. The number of amides is 1. The first kappa shape index (κ1) is 14.4. The Bertz CT molecular complexity index is 241. The van der Waals surface area contributed by atoms with Crippen molar-refractivity contribution < 1.29 is 19.1 Å². The fraction of sp³-hybridized carbons (Fsp3) is 0.600. The summed E-state index contributed by atoms with van der Waals surface area (Å²) in [7, 11) is 3.77. The summed E-state index contributed by atoms with van der Waals surface area (Å²) < 4.78 is 9.48. The molecule has 6 heteroatoms. The highest BCUT2D eigenvalue weighted by Gasteiger charge is 2.01. The predicted molar refractivity (Wildman–Crippen MR) is 59.1 cm³/mol. The fourth-order valence-corrected chi connectivity index (χ4v) is 0.736. The van der Waals surface area contributed by atoms with Crippen LogP contribution in [0.5, 0.6) is 0 Å². The zero-order valence-corrected chi connectivity index (χ0v) is 9.69. The van der Waals surface area contributed by atoms with Gasteiger partial charge in [-0.2, -0.15) is 0 Å². The summed E-state index contributed by atoms with van der Waals surface area (Å²) >= 11 is 0. The maximum Gasteiger partial charge on any atom is 0.407 e. The monoisotopic (exact) mass is 230 g/mol. The summed E-state index contributed by atoms with van der Waals surface area (Å²) in [6, 6.07) is 0. The van der Waals surface area contributed by atoms with E-state index in [4.69, 9.17) is 4.74 Å². The van der Waals surface area contributed by atoms with Gasteiger partial charge in [0.2, 0.25) is 0 Å². The molecule has 0 aromatic heterocycles. The third-order valence-corrected chi connectivity index (χ3v) is 1.55. The summed E-state index contributed by atoms with van der Waals surface area (Å²) in [6.45, 7) is 4.56. The van der Waals surface area contributed by atoms with E-state index in [2.05, 4.69) is 16.6 Å². The minimum absolute atomic E-state index is 0.105. The Balaban J connectivity index is 3.37. The van der Waals surface area contributed by atoms with Crippen LogP contribution in [0.3, 0.4) is 0 Å². The van der Waals surface area contributed by atoms with Gasteiger partial charge in [-0.3, -0.25) is 0 Å². The predicted octanol–water partition coefficient (Wildman–Crippen LogP) is 0.00340. The molecule has 16 heavy (non-hydrogen) atoms. The van der Waals surface area contributed by atoms with Crippen LogP contribution < -0.4 is 5.32 Å². The van der Waals surface area contributed by atoms with Crippen LogP contribution in [0.25, 0.3) is 0 Å². The Hall–Kier alpha value is -1.56. The molecule has 0 aromatic rings. The molecule has 0 fully saturated rings. The lowest BCUT2D eigenvalue weighted by Crippen LogP contribution is -2.30. The number of hydrogen-bond donors (Lipinski definition) is 1. The second kappa shape index (κ2) is 8.72. The molecule has 0 atom stereocenters. The van der Waals surface area contributed by atoms with Crippen molar-refractivity contribution in [2.45, 2.75) is 0 Å². The highest BCUT2D eigenvalue weighted by atomic mass is 16.6. The number of carbonyl (C=O) groups is 2. The molecule has 92 valence electrons. The maximum atomic E-state index is 11.0. The molecular weight excluding hydrogens is 212 g/mol. The number of hydrogen-bond acceptors (Lipinski definition) is 5. The van der Waals surface area contributed by atoms with E-state index in [9.17, 15) is 9.59 Å². The van der Waals surface area contributed by atoms with Gasteiger partial charge in [0.25, 0.3) is 0 Å². The molecule has 0 rings (SSSR count). The SMILES string of the molecule is C=CC(=O)OCCNC(=O)OCCN(C)C. The van der Waals surface area contributed by atoms with Crippen molar-refractivity contribution in [1.82, 2.24) is 10.2 Å². The lowest BCUT2D eigenvalue weighted by atomic mass is 10.6. The Morgan fingerprint density at radius 3 is 2.56 bits per heavy atom. The number of carbonyl (C=O) groups excluding carboxylic acids is 2. The number of likely N-dealkylation sites (N-methyl/N-ethyl adjacent to an activating group) is 1. The van der Waals surface area contributed by atoms with E-state index in [1.54, 1.807) is 0 Å². The highest BCUT2D eigenvalue weighted by Crippen LogP contribution is 1.82. The second-order valence-corrected chi connectivity index (χ2v) is 3.24. The first-order valence-electron chi connectivity index (χ1n) is 4.90. The number of nitrogens with one attached hydrogen (secondary N) is 1. The second-order valence-electron chi connectivity index (χ2n) is 3.24. The van der Waals surface area contributed by atoms with Gasteiger partial charge in [-0.15, -0.1) is 0 Å². The van der Waals surface area contributed by atoms with Gasteiger partial charge in [0.15, 0.2) is 0 Å². The molecule has 0 aromatic carbocycles. The van der Waals surface area contributed by atoms with Gasteiger partial charge in [-0.1, -0.05) is 6.58 Å². The molecule has 0 radical (unpaired) electrons. The van der Waals surface area contributed by atoms with Crippen molar-refractivity contribution in [3.8, 4) is 0 Å². The molecule has 0 saturated heterocycles. The van der Waals surface area contributed by atoms with E-state index in [1.807, 2.05) is 19.0 Å². The normalized spacial score (nSPS) is 9.69. The molecule has 1 amide bonds. The van der Waals surface area contributed by atoms with Gasteiger partial charge >= 0.3 is 12.1 Å². The summed E-state index contributed by atoms with van der Waals surface area (Å²) in [5.41, 5.74) is 0. The number of rotatable bonds is 7. The van der Waals surface area contributed by atoms with Crippen LogP contribution in [-0.2, 0) is 14.3 Å². The first-order valence-corrected chi connectivity index (χ1v) is 4.90. The van der Waals surface area contributed by atoms with Gasteiger partial charge in [0.1, 0.15) is 13.2 Å². The maximum absolute atomic E-state index is 11.0. The number of esters is 1. The molecule has 0 bridgehead atoms. The van der Waals surface area contributed by atoms with E-state index in [0.29, 0.717) is 13.2 Å². The van der Waals surface area contributed by atoms with Crippen molar-refractivity contribution in [3.63, 3.8) is 0 Å². The standard InChI is InChI=1S/C10H18N2O4/c1-4-9(13)15-7-5-11-10(14)16-8-6-12(2)3/h4H,1,5-8H2,2-3H3,(H,11,14). The van der Waals surface area contributed by atoms with Crippen molar-refractivity contribution >= 4 is 12.1 Å². The smallest absolute Gasteiger partial charge is 0.407 e. The molecule has 0 aliphatic heterocycles. The zero-order chi connectivity index (χ0) is 12.4. The zero-order valence-electron chi connectivity index (χ0n) is 9.69. The summed E-state index contributed by atoms with van der Waals surface area (Å²) in [5.74, 6) is -0.511. The third kappa shape index (κ3) is 9.01. The highest BCUT2D eigenvalue weighted by molar-refractivity contribution is 5.81. The molecule has 0 aliphatic rings. The minimum Gasteiger partial charge on any atom is -0.461 e. The van der Waals surface area contributed by atoms with Crippen LogP contribution >= 0.6 is 0 Å². The quantitative estimate of drug-likeness (QED) is 0.379. The van der Waals surface area contributed by atoms with E-state index < -0.39 is 12.1 Å². The average molecular weight is 230 g/mol. The third-order valence-electron chi connectivity index (χ3n) is 1.55. The number of ether oxygens (including phenoxy) is 2. The van der Waals surface area contributed by atoms with Crippen LogP contribution in [0.15, 0.2) is 12.7 Å². The Labute approximate surface area is 95.2 Å². The molecule has 1 N–H and O–H groups in total. The Kier molecular flexibility index (Phi) is 7.87. The van der Waals surface area contributed by atoms with E-state index >= 15 is 0 Å². The fourth-order valence-electron chi connectivity index (χ4n) is 0.736. The van der Waals surface area contributed by atoms with Crippen molar-refractivity contribution in [2.24, 2.45) is 0 Å². The first-order chi connectivity index (χ1) is 7.56. The van der Waals surface area contributed by atoms with Crippen LogP contribution in [0.4, 0.5) is 4.79 Å². The molecule has 0 aliphatic carbocycles. The largest absolute Gasteiger partial charge is 0.461 e. The van der Waals surface area contributed by atoms with Crippen molar-refractivity contribution in [2.75, 3.05) is 40.4 Å². The van der Waals surface area contributed by atoms with Crippen LogP contribution in [0, 0.1) is 0 Å². The number of alkyl carbamates (subject to hydrolysis) is 1. The summed E-state index contributed by atoms with van der Waals surface area (Å²) in [5, 5.41) is 2.44. The topological polar surface area (TPSA) is 67.9 Å². The Morgan fingerprint density at radius 2 is 2.00 bits per heavy atom. The average Bonchev–Trinajstić information content (AvgIpc) is 2.23.